The first kappa shape index (κ1) is 18.7. The zero-order valence-corrected chi connectivity index (χ0v) is 13.7. The Morgan fingerprint density at radius 3 is 2.60 bits per heavy atom. The van der Waals surface area contributed by atoms with Crippen LogP contribution >= 0.6 is 11.6 Å². The Morgan fingerprint density at radius 1 is 1.20 bits per heavy atom. The molecule has 0 aromatic heterocycles. The molecule has 0 spiro atoms. The molecule has 0 heterocycles. The fourth-order valence-corrected chi connectivity index (χ4v) is 2.08. The largest absolute Gasteiger partial charge is 0.493 e. The van der Waals surface area contributed by atoms with Gasteiger partial charge in [-0.3, -0.25) is 4.79 Å². The van der Waals surface area contributed by atoms with Gasteiger partial charge in [-0.2, -0.15) is 8.78 Å². The summed E-state index contributed by atoms with van der Waals surface area (Å²) >= 11 is 5.63. The third-order valence-electron chi connectivity index (χ3n) is 3.02. The molecule has 25 heavy (non-hydrogen) atoms. The molecule has 8 heteroatoms. The van der Waals surface area contributed by atoms with Crippen LogP contribution in [0.3, 0.4) is 0 Å². The average molecular weight is 372 g/mol. The molecule has 2 aromatic rings. The predicted molar refractivity (Wildman–Crippen MR) is 88.7 cm³/mol. The van der Waals surface area contributed by atoms with Gasteiger partial charge in [0, 0.05) is 11.1 Å². The second-order valence-corrected chi connectivity index (χ2v) is 5.17. The predicted octanol–water partition coefficient (Wildman–Crippen LogP) is 4.74. The number of amides is 1. The van der Waals surface area contributed by atoms with Crippen molar-refractivity contribution < 1.29 is 27.4 Å². The highest BCUT2D eigenvalue weighted by Crippen LogP contribution is 2.29. The fourth-order valence-electron chi connectivity index (χ4n) is 1.92. The molecule has 0 atom stereocenters. The SMILES string of the molecule is COc1cc(/C=C/C(=O)Nc2ccc(Cl)cc2F)ccc1OC(F)F. The van der Waals surface area contributed by atoms with E-state index in [1.807, 2.05) is 0 Å². The lowest BCUT2D eigenvalue weighted by atomic mass is 10.2. The lowest BCUT2D eigenvalue weighted by Crippen LogP contribution is -2.09. The Kier molecular flexibility index (Phi) is 6.30. The maximum Gasteiger partial charge on any atom is 0.387 e. The Morgan fingerprint density at radius 2 is 1.96 bits per heavy atom. The molecule has 2 aromatic carbocycles. The lowest BCUT2D eigenvalue weighted by molar-refractivity contribution is -0.111. The van der Waals surface area contributed by atoms with Crippen molar-refractivity contribution in [3.8, 4) is 11.5 Å². The van der Waals surface area contributed by atoms with Gasteiger partial charge in [0.25, 0.3) is 0 Å². The van der Waals surface area contributed by atoms with Gasteiger partial charge in [-0.05, 0) is 42.0 Å². The first-order valence-corrected chi connectivity index (χ1v) is 7.34. The van der Waals surface area contributed by atoms with E-state index in [9.17, 15) is 18.0 Å². The second kappa shape index (κ2) is 8.43. The summed E-state index contributed by atoms with van der Waals surface area (Å²) in [6.45, 7) is -2.98. The van der Waals surface area contributed by atoms with Crippen molar-refractivity contribution in [2.45, 2.75) is 6.61 Å². The molecular formula is C17H13ClF3NO3. The summed E-state index contributed by atoms with van der Waals surface area (Å²) in [6.07, 6.45) is 2.58. The minimum absolute atomic E-state index is 0.0164. The highest BCUT2D eigenvalue weighted by atomic mass is 35.5. The number of anilines is 1. The van der Waals surface area contributed by atoms with Crippen molar-refractivity contribution in [2.75, 3.05) is 12.4 Å². The van der Waals surface area contributed by atoms with Gasteiger partial charge in [-0.15, -0.1) is 0 Å². The molecule has 0 aliphatic rings. The lowest BCUT2D eigenvalue weighted by Gasteiger charge is -2.10. The van der Waals surface area contributed by atoms with Gasteiger partial charge in [0.05, 0.1) is 12.8 Å². The smallest absolute Gasteiger partial charge is 0.387 e. The molecule has 0 saturated carbocycles. The molecule has 0 aliphatic carbocycles. The van der Waals surface area contributed by atoms with Gasteiger partial charge in [-0.1, -0.05) is 17.7 Å². The van der Waals surface area contributed by atoms with E-state index in [0.29, 0.717) is 5.56 Å². The first-order chi connectivity index (χ1) is 11.9. The van der Waals surface area contributed by atoms with Crippen molar-refractivity contribution in [2.24, 2.45) is 0 Å². The van der Waals surface area contributed by atoms with E-state index >= 15 is 0 Å². The summed E-state index contributed by atoms with van der Waals surface area (Å²) in [6, 6.07) is 8.03. The molecule has 0 radical (unpaired) electrons. The molecule has 0 bridgehead atoms. The number of rotatable bonds is 6. The molecule has 0 saturated heterocycles. The van der Waals surface area contributed by atoms with Crippen molar-refractivity contribution in [3.05, 3.63) is 58.9 Å². The fraction of sp³-hybridized carbons (Fsp3) is 0.118. The zero-order valence-electron chi connectivity index (χ0n) is 12.9. The van der Waals surface area contributed by atoms with E-state index in [4.69, 9.17) is 16.3 Å². The minimum Gasteiger partial charge on any atom is -0.493 e. The summed E-state index contributed by atoms with van der Waals surface area (Å²) in [5.41, 5.74) is 0.488. The Labute approximate surface area is 146 Å². The molecule has 0 aliphatic heterocycles. The highest BCUT2D eigenvalue weighted by Gasteiger charge is 2.10. The number of benzene rings is 2. The molecular weight excluding hydrogens is 359 g/mol. The Bertz CT molecular complexity index is 797. The number of carbonyl (C=O) groups excluding carboxylic acids is 1. The number of nitrogens with one attached hydrogen (secondary N) is 1. The highest BCUT2D eigenvalue weighted by molar-refractivity contribution is 6.30. The summed E-state index contributed by atoms with van der Waals surface area (Å²) < 4.78 is 47.4. The van der Waals surface area contributed by atoms with Gasteiger partial charge in [0.2, 0.25) is 5.91 Å². The van der Waals surface area contributed by atoms with Gasteiger partial charge >= 0.3 is 6.61 Å². The number of methoxy groups -OCH3 is 1. The van der Waals surface area contributed by atoms with Crippen LogP contribution in [-0.4, -0.2) is 19.6 Å². The van der Waals surface area contributed by atoms with E-state index < -0.39 is 18.3 Å². The van der Waals surface area contributed by atoms with Crippen LogP contribution in [0.1, 0.15) is 5.56 Å². The topological polar surface area (TPSA) is 47.6 Å². The van der Waals surface area contributed by atoms with Crippen molar-refractivity contribution >= 4 is 29.3 Å². The van der Waals surface area contributed by atoms with Crippen LogP contribution < -0.4 is 14.8 Å². The van der Waals surface area contributed by atoms with Crippen molar-refractivity contribution in [3.63, 3.8) is 0 Å². The Hall–Kier alpha value is -2.67. The van der Waals surface area contributed by atoms with E-state index in [-0.39, 0.29) is 22.2 Å². The quantitative estimate of drug-likeness (QED) is 0.746. The molecule has 0 fully saturated rings. The number of carbonyl (C=O) groups is 1. The zero-order chi connectivity index (χ0) is 18.4. The number of hydrogen-bond donors (Lipinski definition) is 1. The summed E-state index contributed by atoms with van der Waals surface area (Å²) in [5.74, 6) is -1.27. The van der Waals surface area contributed by atoms with E-state index in [0.717, 1.165) is 12.1 Å². The molecule has 132 valence electrons. The maximum atomic E-state index is 13.6. The Balaban J connectivity index is 2.08. The second-order valence-electron chi connectivity index (χ2n) is 4.74. The van der Waals surface area contributed by atoms with Crippen LogP contribution in [0.4, 0.5) is 18.9 Å². The number of ether oxygens (including phenoxy) is 2. The van der Waals surface area contributed by atoms with Gasteiger partial charge in [0.1, 0.15) is 5.82 Å². The monoisotopic (exact) mass is 371 g/mol. The van der Waals surface area contributed by atoms with Crippen LogP contribution in [0.2, 0.25) is 5.02 Å². The van der Waals surface area contributed by atoms with Crippen molar-refractivity contribution in [1.82, 2.24) is 0 Å². The normalized spacial score (nSPS) is 11.0. The van der Waals surface area contributed by atoms with Crippen LogP contribution in [-0.2, 0) is 4.79 Å². The first-order valence-electron chi connectivity index (χ1n) is 6.96. The standard InChI is InChI=1S/C17H13ClF3NO3/c1-24-15-8-10(2-6-14(15)25-17(20)21)3-7-16(23)22-13-5-4-11(18)9-12(13)19/h2-9,17H,1H3,(H,22,23)/b7-3+. The third kappa shape index (κ3) is 5.42. The summed E-state index contributed by atoms with van der Waals surface area (Å²) in [7, 11) is 1.30. The maximum absolute atomic E-state index is 13.6. The van der Waals surface area contributed by atoms with Crippen LogP contribution in [0, 0.1) is 5.82 Å². The summed E-state index contributed by atoms with van der Waals surface area (Å²) in [5, 5.41) is 2.57. The van der Waals surface area contributed by atoms with E-state index in [1.165, 1.54) is 43.5 Å². The average Bonchev–Trinajstić information content (AvgIpc) is 2.56. The minimum atomic E-state index is -2.98. The molecule has 1 N–H and O–H groups in total. The van der Waals surface area contributed by atoms with Crippen LogP contribution in [0.5, 0.6) is 11.5 Å². The van der Waals surface area contributed by atoms with Gasteiger partial charge in [-0.25, -0.2) is 4.39 Å². The number of alkyl halides is 2. The molecule has 1 amide bonds. The van der Waals surface area contributed by atoms with E-state index in [1.54, 1.807) is 0 Å². The molecule has 0 unspecified atom stereocenters. The van der Waals surface area contributed by atoms with E-state index in [2.05, 4.69) is 10.1 Å². The summed E-state index contributed by atoms with van der Waals surface area (Å²) in [4.78, 5) is 11.8. The van der Waals surface area contributed by atoms with Gasteiger partial charge in [0.15, 0.2) is 11.5 Å². The molecule has 4 nitrogen and oxygen atoms in total. The van der Waals surface area contributed by atoms with Crippen LogP contribution in [0.25, 0.3) is 6.08 Å². The number of hydrogen-bond acceptors (Lipinski definition) is 3. The van der Waals surface area contributed by atoms with Crippen LogP contribution in [0.15, 0.2) is 42.5 Å². The van der Waals surface area contributed by atoms with Crippen molar-refractivity contribution in [1.29, 1.82) is 0 Å². The third-order valence-corrected chi connectivity index (χ3v) is 3.25. The van der Waals surface area contributed by atoms with Gasteiger partial charge < -0.3 is 14.8 Å². The number of halogens is 4. The molecule has 2 rings (SSSR count).